The van der Waals surface area contributed by atoms with Crippen molar-refractivity contribution in [1.82, 2.24) is 15.2 Å². The van der Waals surface area contributed by atoms with Crippen molar-refractivity contribution in [2.75, 3.05) is 24.5 Å². The van der Waals surface area contributed by atoms with Crippen LogP contribution in [-0.4, -0.2) is 41.6 Å². The number of benzene rings is 1. The van der Waals surface area contributed by atoms with Crippen molar-refractivity contribution in [2.45, 2.75) is 25.4 Å². The van der Waals surface area contributed by atoms with E-state index in [1.54, 1.807) is 29.4 Å². The highest BCUT2D eigenvalue weighted by Crippen LogP contribution is 2.24. The molecule has 3 rings (SSSR count). The van der Waals surface area contributed by atoms with Crippen LogP contribution in [0, 0.1) is 29.5 Å². The summed E-state index contributed by atoms with van der Waals surface area (Å²) in [6, 6.07) is 9.71. The molecule has 1 N–H and O–H groups in total. The van der Waals surface area contributed by atoms with Crippen molar-refractivity contribution < 1.29 is 9.18 Å². The number of nitriles is 1. The first-order chi connectivity index (χ1) is 14.1. The summed E-state index contributed by atoms with van der Waals surface area (Å²) >= 11 is 0. The smallest absolute Gasteiger partial charge is 0.318 e. The molecule has 29 heavy (non-hydrogen) atoms. The molecule has 2 aromatic rings. The fourth-order valence-electron chi connectivity index (χ4n) is 3.43. The monoisotopic (exact) mass is 391 g/mol. The Labute approximate surface area is 170 Å². The molecule has 1 fully saturated rings. The Morgan fingerprint density at radius 2 is 2.31 bits per heavy atom. The van der Waals surface area contributed by atoms with Gasteiger partial charge in [-0.1, -0.05) is 12.0 Å². The van der Waals surface area contributed by atoms with E-state index in [9.17, 15) is 9.18 Å². The molecule has 1 atom stereocenters. The zero-order chi connectivity index (χ0) is 20.6. The van der Waals surface area contributed by atoms with Gasteiger partial charge in [0.2, 0.25) is 0 Å². The summed E-state index contributed by atoms with van der Waals surface area (Å²) in [6.07, 6.45) is 10.4. The zero-order valence-corrected chi connectivity index (χ0v) is 16.0. The molecule has 0 saturated carbocycles. The number of nitrogens with zero attached hydrogens (tertiary/aromatic N) is 4. The predicted octanol–water partition coefficient (Wildman–Crippen LogP) is 2.91. The van der Waals surface area contributed by atoms with Crippen LogP contribution in [-0.2, 0) is 6.54 Å². The van der Waals surface area contributed by atoms with Gasteiger partial charge < -0.3 is 15.1 Å². The molecule has 1 aromatic heterocycles. The maximum absolute atomic E-state index is 14.4. The number of aromatic nitrogens is 1. The van der Waals surface area contributed by atoms with Gasteiger partial charge in [-0.25, -0.2) is 9.18 Å². The van der Waals surface area contributed by atoms with Crippen molar-refractivity contribution in [3.63, 3.8) is 0 Å². The van der Waals surface area contributed by atoms with Crippen molar-refractivity contribution in [2.24, 2.45) is 0 Å². The second kappa shape index (κ2) is 9.57. The van der Waals surface area contributed by atoms with Crippen LogP contribution in [0.1, 0.15) is 24.0 Å². The third-order valence-corrected chi connectivity index (χ3v) is 4.83. The summed E-state index contributed by atoms with van der Waals surface area (Å²) < 4.78 is 14.4. The molecule has 6 nitrogen and oxygen atoms in total. The van der Waals surface area contributed by atoms with Crippen LogP contribution in [0.5, 0.6) is 0 Å². The average Bonchev–Trinajstić information content (AvgIpc) is 2.74. The third kappa shape index (κ3) is 5.24. The van der Waals surface area contributed by atoms with Crippen LogP contribution in [0.25, 0.3) is 0 Å². The Morgan fingerprint density at radius 1 is 1.45 bits per heavy atom. The van der Waals surface area contributed by atoms with E-state index in [2.05, 4.69) is 16.2 Å². The number of anilines is 1. The van der Waals surface area contributed by atoms with Crippen molar-refractivity contribution in [1.29, 1.82) is 5.26 Å². The van der Waals surface area contributed by atoms with Crippen LogP contribution >= 0.6 is 0 Å². The molecule has 148 valence electrons. The zero-order valence-electron chi connectivity index (χ0n) is 16.0. The molecule has 1 aliphatic rings. The lowest BCUT2D eigenvalue weighted by Crippen LogP contribution is -2.51. The summed E-state index contributed by atoms with van der Waals surface area (Å²) in [6.45, 7) is 1.73. The van der Waals surface area contributed by atoms with Gasteiger partial charge in [-0.15, -0.1) is 6.42 Å². The van der Waals surface area contributed by atoms with Gasteiger partial charge in [-0.2, -0.15) is 5.26 Å². The van der Waals surface area contributed by atoms with Crippen LogP contribution in [0.15, 0.2) is 42.7 Å². The number of hydrogen-bond acceptors (Lipinski definition) is 4. The summed E-state index contributed by atoms with van der Waals surface area (Å²) in [4.78, 5) is 20.3. The summed E-state index contributed by atoms with van der Waals surface area (Å²) in [5.74, 6) is 2.09. The normalized spacial score (nSPS) is 15.8. The average molecular weight is 391 g/mol. The van der Waals surface area contributed by atoms with Gasteiger partial charge in [0.15, 0.2) is 0 Å². The minimum atomic E-state index is -0.429. The first-order valence-electron chi connectivity index (χ1n) is 9.43. The molecule has 2 heterocycles. The first kappa shape index (κ1) is 20.2. The molecule has 1 aliphatic heterocycles. The van der Waals surface area contributed by atoms with Gasteiger partial charge in [0.25, 0.3) is 0 Å². The van der Waals surface area contributed by atoms with Crippen molar-refractivity contribution in [3.05, 3.63) is 59.7 Å². The number of urea groups is 1. The third-order valence-electron chi connectivity index (χ3n) is 4.83. The molecule has 0 spiro atoms. The topological polar surface area (TPSA) is 72.3 Å². The van der Waals surface area contributed by atoms with Crippen LogP contribution in [0.4, 0.5) is 14.9 Å². The maximum atomic E-state index is 14.4. The molecule has 7 heteroatoms. The SMILES string of the molecule is C#CCN(Cc1cccnc1)C(=O)N[C@@H]1CCCN(c2ccc(C#N)cc2F)C1. The van der Waals surface area contributed by atoms with E-state index >= 15 is 0 Å². The Bertz CT molecular complexity index is 934. The molecule has 0 radical (unpaired) electrons. The molecule has 1 saturated heterocycles. The van der Waals surface area contributed by atoms with E-state index in [4.69, 9.17) is 11.7 Å². The minimum absolute atomic E-state index is 0.125. The van der Waals surface area contributed by atoms with Gasteiger partial charge in [0.05, 0.1) is 23.9 Å². The lowest BCUT2D eigenvalue weighted by molar-refractivity contribution is 0.196. The van der Waals surface area contributed by atoms with Gasteiger partial charge in [-0.3, -0.25) is 4.98 Å². The molecule has 1 aromatic carbocycles. The van der Waals surface area contributed by atoms with Crippen LogP contribution in [0.3, 0.4) is 0 Å². The first-order valence-corrected chi connectivity index (χ1v) is 9.43. The van der Waals surface area contributed by atoms with Gasteiger partial charge in [0.1, 0.15) is 5.82 Å². The van der Waals surface area contributed by atoms with E-state index in [-0.39, 0.29) is 24.2 Å². The summed E-state index contributed by atoms with van der Waals surface area (Å²) in [7, 11) is 0. The lowest BCUT2D eigenvalue weighted by atomic mass is 10.0. The fourth-order valence-corrected chi connectivity index (χ4v) is 3.43. The molecular formula is C22H22FN5O. The Balaban J connectivity index is 1.65. The maximum Gasteiger partial charge on any atom is 0.318 e. The highest BCUT2D eigenvalue weighted by molar-refractivity contribution is 5.75. The molecule has 2 amide bonds. The number of amides is 2. The lowest BCUT2D eigenvalue weighted by Gasteiger charge is -2.36. The number of carbonyl (C=O) groups excluding carboxylic acids is 1. The number of piperidine rings is 1. The second-order valence-corrected chi connectivity index (χ2v) is 6.93. The van der Waals surface area contributed by atoms with Gasteiger partial charge in [0, 0.05) is 38.1 Å². The van der Waals surface area contributed by atoms with Crippen LogP contribution < -0.4 is 10.2 Å². The minimum Gasteiger partial charge on any atom is -0.367 e. The van der Waals surface area contributed by atoms with E-state index < -0.39 is 5.82 Å². The van der Waals surface area contributed by atoms with Crippen molar-refractivity contribution >= 4 is 11.7 Å². The number of pyridine rings is 1. The molecule has 0 unspecified atom stereocenters. The van der Waals surface area contributed by atoms with E-state index in [0.29, 0.717) is 25.3 Å². The van der Waals surface area contributed by atoms with Crippen molar-refractivity contribution in [3.8, 4) is 18.4 Å². The quantitative estimate of drug-likeness (QED) is 0.796. The summed E-state index contributed by atoms with van der Waals surface area (Å²) in [5, 5.41) is 11.9. The van der Waals surface area contributed by atoms with E-state index in [1.165, 1.54) is 6.07 Å². The summed E-state index contributed by atoms with van der Waals surface area (Å²) in [5.41, 5.74) is 1.62. The molecule has 0 bridgehead atoms. The largest absolute Gasteiger partial charge is 0.367 e. The number of nitrogens with one attached hydrogen (secondary N) is 1. The standard InChI is InChI=1S/C22H22FN5O/c1-2-10-28(15-18-5-3-9-25-14-18)22(29)26-19-6-4-11-27(16-19)21-8-7-17(13-24)12-20(21)23/h1,3,5,7-9,12,14,19H,4,6,10-11,15-16H2,(H,26,29)/t19-/m1/s1. The highest BCUT2D eigenvalue weighted by atomic mass is 19.1. The highest BCUT2D eigenvalue weighted by Gasteiger charge is 2.25. The Hall–Kier alpha value is -3.58. The van der Waals surface area contributed by atoms with Crippen LogP contribution in [0.2, 0.25) is 0 Å². The number of hydrogen-bond donors (Lipinski definition) is 1. The number of carbonyl (C=O) groups is 1. The predicted molar refractivity (Wildman–Crippen MR) is 108 cm³/mol. The fraction of sp³-hybridized carbons (Fsp3) is 0.318. The van der Waals surface area contributed by atoms with E-state index in [1.807, 2.05) is 23.1 Å². The second-order valence-electron chi connectivity index (χ2n) is 6.93. The van der Waals surface area contributed by atoms with E-state index in [0.717, 1.165) is 18.4 Å². The number of rotatable bonds is 5. The van der Waals surface area contributed by atoms with Gasteiger partial charge in [-0.05, 0) is 42.7 Å². The number of terminal acetylenes is 1. The Morgan fingerprint density at radius 3 is 3.00 bits per heavy atom. The Kier molecular flexibility index (Phi) is 6.65. The number of halogens is 1. The molecular weight excluding hydrogens is 369 g/mol. The van der Waals surface area contributed by atoms with Gasteiger partial charge >= 0.3 is 6.03 Å². The molecule has 0 aliphatic carbocycles.